The van der Waals surface area contributed by atoms with Gasteiger partial charge in [0.15, 0.2) is 0 Å². The number of rotatable bonds is 7. The highest BCUT2D eigenvalue weighted by atomic mass is 35.5. The second-order valence-electron chi connectivity index (χ2n) is 7.91. The zero-order chi connectivity index (χ0) is 18.9. The molecular weight excluding hydrogens is 371 g/mol. The molecule has 8 heteroatoms. The first-order valence-electron chi connectivity index (χ1n) is 9.64. The van der Waals surface area contributed by atoms with Crippen molar-refractivity contribution in [2.24, 2.45) is 11.8 Å². The molecule has 1 aromatic carbocycles. The van der Waals surface area contributed by atoms with Gasteiger partial charge in [-0.05, 0) is 43.7 Å². The lowest BCUT2D eigenvalue weighted by Gasteiger charge is -2.39. The summed E-state index contributed by atoms with van der Waals surface area (Å²) >= 11 is 5.67. The average Bonchev–Trinajstić information content (AvgIpc) is 3.16. The maximum atomic E-state index is 13.4. The molecule has 148 valence electrons. The van der Waals surface area contributed by atoms with Crippen molar-refractivity contribution in [3.8, 4) is 5.75 Å². The van der Waals surface area contributed by atoms with Gasteiger partial charge in [-0.1, -0.05) is 11.6 Å². The van der Waals surface area contributed by atoms with Crippen molar-refractivity contribution in [1.82, 2.24) is 21.5 Å². The second-order valence-corrected chi connectivity index (χ2v) is 8.32. The average molecular weight is 397 g/mol. The van der Waals surface area contributed by atoms with Crippen LogP contribution in [-0.4, -0.2) is 43.7 Å². The largest absolute Gasteiger partial charge is 0.492 e. The summed E-state index contributed by atoms with van der Waals surface area (Å²) in [5.41, 5.74) is 6.22. The van der Waals surface area contributed by atoms with Crippen LogP contribution in [0.25, 0.3) is 0 Å². The van der Waals surface area contributed by atoms with E-state index in [0.29, 0.717) is 31.4 Å². The van der Waals surface area contributed by atoms with Gasteiger partial charge in [0.1, 0.15) is 18.2 Å². The third-order valence-corrected chi connectivity index (χ3v) is 6.34. The number of hydrazine groups is 1. The Morgan fingerprint density at radius 1 is 1.33 bits per heavy atom. The van der Waals surface area contributed by atoms with E-state index < -0.39 is 5.82 Å². The van der Waals surface area contributed by atoms with Crippen molar-refractivity contribution in [3.63, 3.8) is 0 Å². The minimum Gasteiger partial charge on any atom is -0.492 e. The first-order chi connectivity index (χ1) is 13.0. The van der Waals surface area contributed by atoms with E-state index in [1.54, 1.807) is 6.07 Å². The molecule has 0 aromatic heterocycles. The highest BCUT2D eigenvalue weighted by molar-refractivity contribution is 6.30. The maximum absolute atomic E-state index is 13.4. The summed E-state index contributed by atoms with van der Waals surface area (Å²) in [5.74, 6) is 0.809. The van der Waals surface area contributed by atoms with Gasteiger partial charge in [-0.3, -0.25) is 15.6 Å². The predicted molar refractivity (Wildman–Crippen MR) is 101 cm³/mol. The van der Waals surface area contributed by atoms with Gasteiger partial charge in [0.2, 0.25) is 5.91 Å². The molecule has 6 nitrogen and oxygen atoms in total. The smallest absolute Gasteiger partial charge is 0.224 e. The number of carbonyl (C=O) groups excluding carboxylic acids is 1. The quantitative estimate of drug-likeness (QED) is 0.527. The Hall–Kier alpha value is -1.41. The van der Waals surface area contributed by atoms with Gasteiger partial charge in [0.25, 0.3) is 0 Å². The number of hydrogen-bond acceptors (Lipinski definition) is 5. The lowest BCUT2D eigenvalue weighted by atomic mass is 9.77. The van der Waals surface area contributed by atoms with Crippen molar-refractivity contribution in [2.75, 3.05) is 26.2 Å². The summed E-state index contributed by atoms with van der Waals surface area (Å²) in [4.78, 5) is 12.4. The van der Waals surface area contributed by atoms with Gasteiger partial charge in [-0.2, -0.15) is 0 Å². The van der Waals surface area contributed by atoms with Crippen molar-refractivity contribution in [1.29, 1.82) is 0 Å². The van der Waals surface area contributed by atoms with Crippen LogP contribution < -0.4 is 26.2 Å². The molecule has 1 heterocycles. The van der Waals surface area contributed by atoms with Gasteiger partial charge < -0.3 is 15.4 Å². The van der Waals surface area contributed by atoms with Gasteiger partial charge in [0.05, 0.1) is 10.9 Å². The van der Waals surface area contributed by atoms with Crippen LogP contribution in [0.5, 0.6) is 5.75 Å². The number of nitrogens with one attached hydrogen (secondary N) is 4. The maximum Gasteiger partial charge on any atom is 0.224 e. The topological polar surface area (TPSA) is 74.4 Å². The first-order valence-corrected chi connectivity index (χ1v) is 10.0. The fourth-order valence-electron chi connectivity index (χ4n) is 4.58. The zero-order valence-corrected chi connectivity index (χ0v) is 15.9. The molecule has 4 aliphatic rings. The molecule has 4 N–H and O–H groups in total. The summed E-state index contributed by atoms with van der Waals surface area (Å²) in [6, 6.07) is 4.74. The Morgan fingerprint density at radius 3 is 2.93 bits per heavy atom. The summed E-state index contributed by atoms with van der Waals surface area (Å²) < 4.78 is 19.0. The second kappa shape index (κ2) is 7.91. The Labute approximate surface area is 163 Å². The van der Waals surface area contributed by atoms with E-state index in [0.717, 1.165) is 32.2 Å². The zero-order valence-electron chi connectivity index (χ0n) is 15.2. The molecule has 4 fully saturated rings. The minimum absolute atomic E-state index is 0.0566. The number of hydrogen-bond donors (Lipinski definition) is 4. The summed E-state index contributed by atoms with van der Waals surface area (Å²) in [5, 5.41) is 6.94. The van der Waals surface area contributed by atoms with Gasteiger partial charge in [-0.15, -0.1) is 0 Å². The number of benzene rings is 1. The van der Waals surface area contributed by atoms with Crippen LogP contribution in [0.15, 0.2) is 18.2 Å². The molecule has 2 unspecified atom stereocenters. The van der Waals surface area contributed by atoms with E-state index in [-0.39, 0.29) is 28.4 Å². The van der Waals surface area contributed by atoms with E-state index in [1.807, 2.05) is 0 Å². The van der Waals surface area contributed by atoms with Gasteiger partial charge >= 0.3 is 0 Å². The summed E-state index contributed by atoms with van der Waals surface area (Å²) in [6.07, 6.45) is 4.04. The third-order valence-electron chi connectivity index (χ3n) is 6.04. The molecule has 1 aromatic rings. The number of halogens is 2. The van der Waals surface area contributed by atoms with Crippen LogP contribution in [0, 0.1) is 17.7 Å². The Bertz CT molecular complexity index is 692. The van der Waals surface area contributed by atoms with Crippen molar-refractivity contribution >= 4 is 17.5 Å². The molecule has 3 aliphatic carbocycles. The number of fused-ring (bicyclic) bond motifs is 1. The van der Waals surface area contributed by atoms with Crippen molar-refractivity contribution < 1.29 is 13.9 Å². The van der Waals surface area contributed by atoms with Crippen LogP contribution in [0.3, 0.4) is 0 Å². The highest BCUT2D eigenvalue weighted by Gasteiger charge is 2.56. The molecule has 2 bridgehead atoms. The Balaban J connectivity index is 1.19. The normalized spacial score (nSPS) is 32.0. The van der Waals surface area contributed by atoms with Crippen LogP contribution in [0.2, 0.25) is 5.02 Å². The standard InChI is InChI=1S/C19H26ClFN4O2/c20-15-2-1-14(7-16(15)21)27-6-5-22-19-8-13(9-19)17(10-19)25-18(26)12-3-4-23-24-11-12/h1-2,7,12-13,17,22-24H,3-6,8-11H2,(H,25,26). The lowest BCUT2D eigenvalue weighted by molar-refractivity contribution is -0.126. The monoisotopic (exact) mass is 396 g/mol. The molecule has 3 saturated carbocycles. The number of amides is 1. The van der Waals surface area contributed by atoms with Crippen LogP contribution in [-0.2, 0) is 4.79 Å². The fourth-order valence-corrected chi connectivity index (χ4v) is 4.69. The molecule has 1 aliphatic heterocycles. The van der Waals surface area contributed by atoms with E-state index in [4.69, 9.17) is 16.3 Å². The number of carbonyl (C=O) groups is 1. The van der Waals surface area contributed by atoms with E-state index in [9.17, 15) is 9.18 Å². The predicted octanol–water partition coefficient (Wildman–Crippen LogP) is 1.60. The fraction of sp³-hybridized carbons (Fsp3) is 0.632. The lowest BCUT2D eigenvalue weighted by Crippen LogP contribution is -2.51. The molecule has 1 saturated heterocycles. The molecule has 0 radical (unpaired) electrons. The minimum atomic E-state index is -0.471. The molecule has 1 amide bonds. The van der Waals surface area contributed by atoms with Crippen molar-refractivity contribution in [3.05, 3.63) is 29.0 Å². The molecule has 27 heavy (non-hydrogen) atoms. The van der Waals surface area contributed by atoms with Gasteiger partial charge in [0, 0.05) is 37.3 Å². The van der Waals surface area contributed by atoms with Crippen LogP contribution in [0.1, 0.15) is 25.7 Å². The molecule has 0 spiro atoms. The van der Waals surface area contributed by atoms with E-state index in [1.165, 1.54) is 12.1 Å². The van der Waals surface area contributed by atoms with Gasteiger partial charge in [-0.25, -0.2) is 4.39 Å². The highest BCUT2D eigenvalue weighted by Crippen LogP contribution is 2.52. The molecular formula is C19H26ClFN4O2. The number of ether oxygens (including phenoxy) is 1. The van der Waals surface area contributed by atoms with E-state index >= 15 is 0 Å². The molecule has 5 rings (SSSR count). The third kappa shape index (κ3) is 4.21. The van der Waals surface area contributed by atoms with Crippen LogP contribution in [0.4, 0.5) is 4.39 Å². The van der Waals surface area contributed by atoms with Crippen molar-refractivity contribution in [2.45, 2.75) is 37.3 Å². The first kappa shape index (κ1) is 18.9. The van der Waals surface area contributed by atoms with E-state index in [2.05, 4.69) is 21.5 Å². The molecule has 2 atom stereocenters. The Kier molecular flexibility index (Phi) is 5.55. The Morgan fingerprint density at radius 2 is 2.19 bits per heavy atom. The van der Waals surface area contributed by atoms with Crippen LogP contribution >= 0.6 is 11.6 Å². The summed E-state index contributed by atoms with van der Waals surface area (Å²) in [7, 11) is 0. The SMILES string of the molecule is O=C(NC1CC2(NCCOc3ccc(Cl)c(F)c3)CC1C2)C1CCNNC1. The summed E-state index contributed by atoms with van der Waals surface area (Å²) in [6.45, 7) is 2.67.